The zero-order chi connectivity index (χ0) is 13.5. The average Bonchev–Trinajstić information content (AvgIpc) is 2.38. The Morgan fingerprint density at radius 1 is 0.895 bits per heavy atom. The highest BCUT2D eigenvalue weighted by molar-refractivity contribution is 6.30. The van der Waals surface area contributed by atoms with Crippen LogP contribution in [0.15, 0.2) is 54.6 Å². The van der Waals surface area contributed by atoms with Gasteiger partial charge in [-0.05, 0) is 41.5 Å². The first-order valence-corrected chi connectivity index (χ1v) is 6.94. The summed E-state index contributed by atoms with van der Waals surface area (Å²) in [5.41, 5.74) is 1.61. The van der Waals surface area contributed by atoms with Crippen molar-refractivity contribution in [3.8, 4) is 0 Å². The van der Waals surface area contributed by atoms with Crippen molar-refractivity contribution in [3.05, 3.63) is 70.7 Å². The van der Waals surface area contributed by atoms with Crippen molar-refractivity contribution >= 4 is 11.6 Å². The molecule has 0 saturated heterocycles. The van der Waals surface area contributed by atoms with Gasteiger partial charge in [0.15, 0.2) is 0 Å². The van der Waals surface area contributed by atoms with Gasteiger partial charge in [-0.1, -0.05) is 61.0 Å². The van der Waals surface area contributed by atoms with Crippen molar-refractivity contribution in [3.63, 3.8) is 0 Å². The Balaban J connectivity index is 1.83. The van der Waals surface area contributed by atoms with Crippen LogP contribution in [0.4, 0.5) is 0 Å². The Morgan fingerprint density at radius 3 is 2.05 bits per heavy atom. The molecule has 3 rings (SSSR count). The zero-order valence-corrected chi connectivity index (χ0v) is 11.7. The summed E-state index contributed by atoms with van der Waals surface area (Å²) in [6, 6.07) is 17.9. The van der Waals surface area contributed by atoms with Crippen molar-refractivity contribution < 1.29 is 5.11 Å². The number of benzene rings is 2. The van der Waals surface area contributed by atoms with E-state index < -0.39 is 5.60 Å². The number of hydrogen-bond acceptors (Lipinski definition) is 1. The molecule has 2 aromatic rings. The molecule has 2 aromatic carbocycles. The van der Waals surface area contributed by atoms with Gasteiger partial charge in [0.05, 0.1) is 5.60 Å². The molecule has 0 radical (unpaired) electrons. The van der Waals surface area contributed by atoms with E-state index in [-0.39, 0.29) is 5.41 Å². The lowest BCUT2D eigenvalue weighted by molar-refractivity contribution is -0.0916. The standard InChI is InChI=1S/C17H17ClO/c1-16(13-5-3-2-4-6-13)11-17(19,12-16)14-7-9-15(18)10-8-14/h2-10,19H,11-12H2,1H3. The summed E-state index contributed by atoms with van der Waals surface area (Å²) in [6.45, 7) is 2.22. The van der Waals surface area contributed by atoms with E-state index in [1.165, 1.54) is 5.56 Å². The third-order valence-corrected chi connectivity index (χ3v) is 4.47. The molecule has 1 aliphatic rings. The van der Waals surface area contributed by atoms with Crippen LogP contribution in [0.5, 0.6) is 0 Å². The van der Waals surface area contributed by atoms with Gasteiger partial charge in [-0.25, -0.2) is 0 Å². The van der Waals surface area contributed by atoms with E-state index >= 15 is 0 Å². The van der Waals surface area contributed by atoms with Crippen molar-refractivity contribution in [1.82, 2.24) is 0 Å². The smallest absolute Gasteiger partial charge is 0.0913 e. The fourth-order valence-corrected chi connectivity index (χ4v) is 3.37. The van der Waals surface area contributed by atoms with Crippen molar-refractivity contribution in [2.24, 2.45) is 0 Å². The number of aliphatic hydroxyl groups is 1. The molecule has 1 N–H and O–H groups in total. The molecule has 0 bridgehead atoms. The maximum atomic E-state index is 10.7. The second-order valence-corrected chi connectivity index (χ2v) is 6.26. The summed E-state index contributed by atoms with van der Waals surface area (Å²) in [4.78, 5) is 0. The number of rotatable bonds is 2. The van der Waals surface area contributed by atoms with Gasteiger partial charge in [-0.2, -0.15) is 0 Å². The molecule has 1 aliphatic carbocycles. The van der Waals surface area contributed by atoms with Gasteiger partial charge in [0.2, 0.25) is 0 Å². The molecule has 19 heavy (non-hydrogen) atoms. The van der Waals surface area contributed by atoms with Crippen LogP contribution in [-0.2, 0) is 11.0 Å². The van der Waals surface area contributed by atoms with Crippen LogP contribution in [-0.4, -0.2) is 5.11 Å². The minimum atomic E-state index is -0.713. The third-order valence-electron chi connectivity index (χ3n) is 4.22. The summed E-state index contributed by atoms with van der Waals surface area (Å²) < 4.78 is 0. The molecule has 2 heteroatoms. The maximum Gasteiger partial charge on any atom is 0.0913 e. The molecule has 0 spiro atoms. The topological polar surface area (TPSA) is 20.2 Å². The molecule has 98 valence electrons. The van der Waals surface area contributed by atoms with Crippen LogP contribution >= 0.6 is 11.6 Å². The summed E-state index contributed by atoms with van der Waals surface area (Å²) in [5.74, 6) is 0. The summed E-state index contributed by atoms with van der Waals surface area (Å²) in [7, 11) is 0. The Labute approximate surface area is 118 Å². The van der Waals surface area contributed by atoms with E-state index in [0.29, 0.717) is 5.02 Å². The van der Waals surface area contributed by atoms with Gasteiger partial charge in [0, 0.05) is 5.02 Å². The predicted molar refractivity (Wildman–Crippen MR) is 78.4 cm³/mol. The number of halogens is 1. The van der Waals surface area contributed by atoms with Crippen molar-refractivity contribution in [2.75, 3.05) is 0 Å². The molecule has 0 atom stereocenters. The monoisotopic (exact) mass is 272 g/mol. The lowest BCUT2D eigenvalue weighted by atomic mass is 9.55. The van der Waals surface area contributed by atoms with Crippen LogP contribution in [0.3, 0.4) is 0 Å². The largest absolute Gasteiger partial charge is 0.385 e. The predicted octanol–water partition coefficient (Wildman–Crippen LogP) is 4.28. The normalized spacial score (nSPS) is 29.8. The molecule has 0 unspecified atom stereocenters. The highest BCUT2D eigenvalue weighted by Crippen LogP contribution is 2.55. The third kappa shape index (κ3) is 2.18. The van der Waals surface area contributed by atoms with Crippen LogP contribution in [0.2, 0.25) is 5.02 Å². The quantitative estimate of drug-likeness (QED) is 0.865. The highest BCUT2D eigenvalue weighted by atomic mass is 35.5. The molecular formula is C17H17ClO. The molecule has 0 aliphatic heterocycles. The minimum Gasteiger partial charge on any atom is -0.385 e. The first-order valence-electron chi connectivity index (χ1n) is 6.56. The molecule has 1 fully saturated rings. The van der Waals surface area contributed by atoms with E-state index in [1.807, 2.05) is 30.3 Å². The Hall–Kier alpha value is -1.31. The van der Waals surface area contributed by atoms with Gasteiger partial charge in [-0.15, -0.1) is 0 Å². The molecule has 1 saturated carbocycles. The van der Waals surface area contributed by atoms with Crippen LogP contribution in [0.1, 0.15) is 30.9 Å². The molecule has 0 amide bonds. The number of hydrogen-bond donors (Lipinski definition) is 1. The van der Waals surface area contributed by atoms with Gasteiger partial charge >= 0.3 is 0 Å². The van der Waals surface area contributed by atoms with E-state index in [9.17, 15) is 5.11 Å². The van der Waals surface area contributed by atoms with E-state index in [2.05, 4.69) is 31.2 Å². The van der Waals surface area contributed by atoms with Gasteiger partial charge in [-0.3, -0.25) is 0 Å². The van der Waals surface area contributed by atoms with E-state index in [4.69, 9.17) is 11.6 Å². The summed E-state index contributed by atoms with van der Waals surface area (Å²) in [6.07, 6.45) is 1.51. The van der Waals surface area contributed by atoms with Gasteiger partial charge in [0.1, 0.15) is 0 Å². The Bertz CT molecular complexity index is 568. The lowest BCUT2D eigenvalue weighted by Crippen LogP contribution is -2.50. The van der Waals surface area contributed by atoms with Gasteiger partial charge < -0.3 is 5.11 Å². The summed E-state index contributed by atoms with van der Waals surface area (Å²) in [5, 5.41) is 11.4. The van der Waals surface area contributed by atoms with Crippen LogP contribution < -0.4 is 0 Å². The van der Waals surface area contributed by atoms with E-state index in [1.54, 1.807) is 0 Å². The second kappa shape index (κ2) is 4.36. The lowest BCUT2D eigenvalue weighted by Gasteiger charge is -2.52. The maximum absolute atomic E-state index is 10.7. The van der Waals surface area contributed by atoms with Crippen LogP contribution in [0, 0.1) is 0 Å². The fourth-order valence-electron chi connectivity index (χ4n) is 3.25. The van der Waals surface area contributed by atoms with Crippen molar-refractivity contribution in [1.29, 1.82) is 0 Å². The average molecular weight is 273 g/mol. The zero-order valence-electron chi connectivity index (χ0n) is 10.9. The molecule has 1 nitrogen and oxygen atoms in total. The first kappa shape index (κ1) is 12.7. The first-order chi connectivity index (χ1) is 9.02. The van der Waals surface area contributed by atoms with Crippen molar-refractivity contribution in [2.45, 2.75) is 30.8 Å². The SMILES string of the molecule is CC1(c2ccccc2)CC(O)(c2ccc(Cl)cc2)C1. The molecule has 0 aromatic heterocycles. The second-order valence-electron chi connectivity index (χ2n) is 5.82. The minimum absolute atomic E-state index is 0.0651. The van der Waals surface area contributed by atoms with E-state index in [0.717, 1.165) is 18.4 Å². The Morgan fingerprint density at radius 2 is 1.47 bits per heavy atom. The fraction of sp³-hybridized carbons (Fsp3) is 0.294. The molecular weight excluding hydrogens is 256 g/mol. The van der Waals surface area contributed by atoms with Crippen LogP contribution in [0.25, 0.3) is 0 Å². The summed E-state index contributed by atoms with van der Waals surface area (Å²) >= 11 is 5.89. The Kier molecular flexibility index (Phi) is 2.92. The highest BCUT2D eigenvalue weighted by Gasteiger charge is 2.52. The van der Waals surface area contributed by atoms with Gasteiger partial charge in [0.25, 0.3) is 0 Å². The molecule has 0 heterocycles.